The van der Waals surface area contributed by atoms with Crippen molar-refractivity contribution in [2.24, 2.45) is 0 Å². The van der Waals surface area contributed by atoms with Crippen LogP contribution >= 0.6 is 11.3 Å². The number of alkyl carbamates (subject to hydrolysis) is 1. The summed E-state index contributed by atoms with van der Waals surface area (Å²) in [4.78, 5) is 36.8. The first-order chi connectivity index (χ1) is 14.2. The Labute approximate surface area is 178 Å². The molecule has 2 aromatic heterocycles. The maximum absolute atomic E-state index is 12.1. The summed E-state index contributed by atoms with van der Waals surface area (Å²) in [5.41, 5.74) is 2.82. The van der Waals surface area contributed by atoms with Crippen LogP contribution in [0, 0.1) is 6.92 Å². The van der Waals surface area contributed by atoms with Crippen molar-refractivity contribution in [2.45, 2.75) is 33.3 Å². The topological polar surface area (TPSA) is 106 Å². The fraction of sp³-hybridized carbons (Fsp3) is 0.286. The summed E-state index contributed by atoms with van der Waals surface area (Å²) >= 11 is 1.31. The van der Waals surface area contributed by atoms with Crippen LogP contribution in [0.2, 0.25) is 0 Å². The molecule has 8 nitrogen and oxygen atoms in total. The molecule has 2 amide bonds. The summed E-state index contributed by atoms with van der Waals surface area (Å²) in [6.45, 7) is 6.91. The third kappa shape index (κ3) is 6.08. The number of thiazole rings is 1. The number of carbonyl (C=O) groups excluding carboxylic acids is 2. The molecule has 0 atom stereocenters. The van der Waals surface area contributed by atoms with Gasteiger partial charge in [0, 0.05) is 22.7 Å². The first kappa shape index (κ1) is 21.4. The third-order valence-corrected chi connectivity index (χ3v) is 4.53. The molecule has 0 aliphatic rings. The maximum Gasteiger partial charge on any atom is 0.408 e. The van der Waals surface area contributed by atoms with Crippen LogP contribution in [0.1, 0.15) is 26.6 Å². The highest BCUT2D eigenvalue weighted by atomic mass is 32.1. The number of aromatic nitrogens is 3. The van der Waals surface area contributed by atoms with Crippen LogP contribution < -0.4 is 10.6 Å². The molecule has 0 fully saturated rings. The minimum absolute atomic E-state index is 0.202. The molecule has 0 saturated carbocycles. The predicted molar refractivity (Wildman–Crippen MR) is 116 cm³/mol. The van der Waals surface area contributed by atoms with E-state index in [2.05, 4.69) is 25.6 Å². The zero-order chi connectivity index (χ0) is 21.7. The molecule has 2 N–H and O–H groups in total. The highest BCUT2D eigenvalue weighted by Crippen LogP contribution is 2.28. The summed E-state index contributed by atoms with van der Waals surface area (Å²) in [7, 11) is 0. The lowest BCUT2D eigenvalue weighted by molar-refractivity contribution is -0.115. The fourth-order valence-electron chi connectivity index (χ4n) is 2.55. The summed E-state index contributed by atoms with van der Waals surface area (Å²) in [5, 5.41) is 7.41. The second kappa shape index (κ2) is 9.00. The SMILES string of the molecule is Cc1nccc(-c2cccc(-c3csc(NC(=O)CNC(=O)OC(C)(C)C)n3)c2)n1. The van der Waals surface area contributed by atoms with Crippen molar-refractivity contribution in [1.82, 2.24) is 20.3 Å². The maximum atomic E-state index is 12.1. The van der Waals surface area contributed by atoms with E-state index in [1.807, 2.05) is 42.6 Å². The molecule has 2 heterocycles. The van der Waals surface area contributed by atoms with Crippen molar-refractivity contribution >= 4 is 28.5 Å². The number of ether oxygens (including phenoxy) is 1. The minimum Gasteiger partial charge on any atom is -0.444 e. The molecule has 0 bridgehead atoms. The van der Waals surface area contributed by atoms with E-state index in [0.717, 1.165) is 22.5 Å². The van der Waals surface area contributed by atoms with E-state index in [0.29, 0.717) is 11.0 Å². The fourth-order valence-corrected chi connectivity index (χ4v) is 3.28. The zero-order valence-electron chi connectivity index (χ0n) is 17.2. The first-order valence-electron chi connectivity index (χ1n) is 9.32. The van der Waals surface area contributed by atoms with E-state index in [-0.39, 0.29) is 12.5 Å². The van der Waals surface area contributed by atoms with Crippen LogP contribution in [0.4, 0.5) is 9.93 Å². The van der Waals surface area contributed by atoms with Crippen LogP contribution in [0.3, 0.4) is 0 Å². The van der Waals surface area contributed by atoms with Crippen LogP contribution in [0.25, 0.3) is 22.5 Å². The van der Waals surface area contributed by atoms with Crippen molar-refractivity contribution in [2.75, 3.05) is 11.9 Å². The number of nitrogens with one attached hydrogen (secondary N) is 2. The van der Waals surface area contributed by atoms with Gasteiger partial charge in [0.1, 0.15) is 18.0 Å². The van der Waals surface area contributed by atoms with E-state index in [9.17, 15) is 9.59 Å². The summed E-state index contributed by atoms with van der Waals surface area (Å²) in [6, 6.07) is 9.71. The molecule has 3 rings (SSSR count). The lowest BCUT2D eigenvalue weighted by Gasteiger charge is -2.19. The first-order valence-corrected chi connectivity index (χ1v) is 10.2. The number of rotatable bonds is 5. The van der Waals surface area contributed by atoms with Crippen LogP contribution in [-0.2, 0) is 9.53 Å². The van der Waals surface area contributed by atoms with E-state index in [1.165, 1.54) is 11.3 Å². The average molecular weight is 426 g/mol. The quantitative estimate of drug-likeness (QED) is 0.639. The Morgan fingerprint density at radius 3 is 2.53 bits per heavy atom. The van der Waals surface area contributed by atoms with Crippen LogP contribution in [0.15, 0.2) is 41.9 Å². The Morgan fingerprint density at radius 1 is 1.10 bits per heavy atom. The largest absolute Gasteiger partial charge is 0.444 e. The Bertz CT molecular complexity index is 1060. The Kier molecular flexibility index (Phi) is 6.41. The number of nitrogens with zero attached hydrogens (tertiary/aromatic N) is 3. The van der Waals surface area contributed by atoms with E-state index in [1.54, 1.807) is 27.0 Å². The van der Waals surface area contributed by atoms with Gasteiger partial charge in [-0.1, -0.05) is 18.2 Å². The normalized spacial score (nSPS) is 11.1. The highest BCUT2D eigenvalue weighted by Gasteiger charge is 2.17. The van der Waals surface area contributed by atoms with Crippen molar-refractivity contribution in [3.8, 4) is 22.5 Å². The molecule has 156 valence electrons. The molecule has 0 radical (unpaired) electrons. The van der Waals surface area contributed by atoms with Gasteiger partial charge >= 0.3 is 6.09 Å². The van der Waals surface area contributed by atoms with Crippen molar-refractivity contribution in [3.05, 3.63) is 47.7 Å². The smallest absolute Gasteiger partial charge is 0.408 e. The van der Waals surface area contributed by atoms with Crippen LogP contribution in [0.5, 0.6) is 0 Å². The monoisotopic (exact) mass is 425 g/mol. The molecular formula is C21H23N5O3S. The van der Waals surface area contributed by atoms with Gasteiger partial charge in [-0.05, 0) is 39.8 Å². The van der Waals surface area contributed by atoms with E-state index < -0.39 is 11.7 Å². The Hall–Kier alpha value is -3.33. The average Bonchev–Trinajstić information content (AvgIpc) is 3.14. The van der Waals surface area contributed by atoms with E-state index in [4.69, 9.17) is 4.74 Å². The van der Waals surface area contributed by atoms with Gasteiger partial charge in [0.2, 0.25) is 5.91 Å². The summed E-state index contributed by atoms with van der Waals surface area (Å²) < 4.78 is 5.10. The molecule has 1 aromatic carbocycles. The van der Waals surface area contributed by atoms with Gasteiger partial charge in [-0.15, -0.1) is 11.3 Å². The molecule has 0 unspecified atom stereocenters. The number of benzene rings is 1. The molecule has 3 aromatic rings. The van der Waals surface area contributed by atoms with Gasteiger partial charge in [-0.25, -0.2) is 19.7 Å². The molecule has 0 aliphatic heterocycles. The highest BCUT2D eigenvalue weighted by molar-refractivity contribution is 7.14. The number of carbonyl (C=O) groups is 2. The van der Waals surface area contributed by atoms with Gasteiger partial charge in [0.15, 0.2) is 5.13 Å². The molecule has 0 saturated heterocycles. The standard InChI is InChI=1S/C21H23N5O3S/c1-13-22-9-8-16(24-13)14-6-5-7-15(10-14)17-12-30-19(25-17)26-18(27)11-23-20(28)29-21(2,3)4/h5-10,12H,11H2,1-4H3,(H,23,28)(H,25,26,27). The van der Waals surface area contributed by atoms with Gasteiger partial charge in [-0.3, -0.25) is 4.79 Å². The van der Waals surface area contributed by atoms with E-state index >= 15 is 0 Å². The van der Waals surface area contributed by atoms with Gasteiger partial charge in [0.05, 0.1) is 11.4 Å². The number of hydrogen-bond donors (Lipinski definition) is 2. The second-order valence-corrected chi connectivity index (χ2v) is 8.37. The van der Waals surface area contributed by atoms with Gasteiger partial charge in [0.25, 0.3) is 0 Å². The molecule has 0 spiro atoms. The molecule has 9 heteroatoms. The Morgan fingerprint density at radius 2 is 1.83 bits per heavy atom. The van der Waals surface area contributed by atoms with Gasteiger partial charge in [-0.2, -0.15) is 0 Å². The summed E-state index contributed by atoms with van der Waals surface area (Å²) in [6.07, 6.45) is 1.08. The number of anilines is 1. The zero-order valence-corrected chi connectivity index (χ0v) is 18.0. The molecule has 30 heavy (non-hydrogen) atoms. The third-order valence-electron chi connectivity index (χ3n) is 3.77. The number of aryl methyl sites for hydroxylation is 1. The number of amides is 2. The van der Waals surface area contributed by atoms with Crippen molar-refractivity contribution < 1.29 is 14.3 Å². The Balaban J connectivity index is 1.63. The summed E-state index contributed by atoms with van der Waals surface area (Å²) in [5.74, 6) is 0.323. The molecular weight excluding hydrogens is 402 g/mol. The minimum atomic E-state index is -0.644. The van der Waals surface area contributed by atoms with Crippen molar-refractivity contribution in [3.63, 3.8) is 0 Å². The van der Waals surface area contributed by atoms with Crippen LogP contribution in [-0.4, -0.2) is 39.1 Å². The van der Waals surface area contributed by atoms with Crippen molar-refractivity contribution in [1.29, 1.82) is 0 Å². The lowest BCUT2D eigenvalue weighted by atomic mass is 10.1. The predicted octanol–water partition coefficient (Wildman–Crippen LogP) is 4.04. The lowest BCUT2D eigenvalue weighted by Crippen LogP contribution is -2.37. The molecule has 0 aliphatic carbocycles. The second-order valence-electron chi connectivity index (χ2n) is 7.51. The van der Waals surface area contributed by atoms with Gasteiger partial charge < -0.3 is 15.4 Å². The number of hydrogen-bond acceptors (Lipinski definition) is 7.